The van der Waals surface area contributed by atoms with Gasteiger partial charge in [0.1, 0.15) is 18.2 Å². The Morgan fingerprint density at radius 3 is 2.78 bits per heavy atom. The Morgan fingerprint density at radius 1 is 1.33 bits per heavy atom. The van der Waals surface area contributed by atoms with E-state index in [-0.39, 0.29) is 11.6 Å². The van der Waals surface area contributed by atoms with Crippen LogP contribution >= 0.6 is 11.6 Å². The number of nitrogens with one attached hydrogen (secondary N) is 1. The van der Waals surface area contributed by atoms with Gasteiger partial charge >= 0.3 is 0 Å². The molecule has 1 aromatic carbocycles. The highest BCUT2D eigenvalue weighted by atomic mass is 35.5. The van der Waals surface area contributed by atoms with Gasteiger partial charge in [0.05, 0.1) is 23.1 Å². The number of hydrogen-bond donors (Lipinski definition) is 2. The molecule has 0 aliphatic heterocycles. The summed E-state index contributed by atoms with van der Waals surface area (Å²) in [6, 6.07) is 4.22. The predicted molar refractivity (Wildman–Crippen MR) is 65.6 cm³/mol. The van der Waals surface area contributed by atoms with E-state index in [1.54, 1.807) is 6.07 Å². The van der Waals surface area contributed by atoms with Crippen LogP contribution in [0.2, 0.25) is 5.02 Å². The van der Waals surface area contributed by atoms with Crippen molar-refractivity contribution in [3.8, 4) is 5.75 Å². The van der Waals surface area contributed by atoms with E-state index < -0.39 is 5.82 Å². The molecule has 2 aromatic rings. The van der Waals surface area contributed by atoms with Gasteiger partial charge in [0.2, 0.25) is 0 Å². The maximum absolute atomic E-state index is 13.1. The summed E-state index contributed by atoms with van der Waals surface area (Å²) in [5.41, 5.74) is 2.96. The highest BCUT2D eigenvalue weighted by molar-refractivity contribution is 6.30. The molecule has 0 aliphatic carbocycles. The summed E-state index contributed by atoms with van der Waals surface area (Å²) < 4.78 is 18.5. The summed E-state index contributed by atoms with van der Waals surface area (Å²) in [6.45, 7) is 0.179. The highest BCUT2D eigenvalue weighted by Crippen LogP contribution is 2.20. The fourth-order valence-corrected chi connectivity index (χ4v) is 1.35. The van der Waals surface area contributed by atoms with Crippen LogP contribution in [0, 0.1) is 5.82 Å². The molecule has 7 heteroatoms. The number of ether oxygens (including phenoxy) is 1. The van der Waals surface area contributed by atoms with Gasteiger partial charge in [-0.25, -0.2) is 15.2 Å². The number of hydrazine groups is 1. The molecule has 0 amide bonds. The van der Waals surface area contributed by atoms with Gasteiger partial charge in [-0.15, -0.1) is 0 Å². The number of anilines is 1. The number of nitrogens with zero attached hydrogens (tertiary/aromatic N) is 2. The topological polar surface area (TPSA) is 73.1 Å². The van der Waals surface area contributed by atoms with Gasteiger partial charge in [-0.05, 0) is 12.1 Å². The van der Waals surface area contributed by atoms with E-state index in [2.05, 4.69) is 15.4 Å². The molecule has 2 rings (SSSR count). The zero-order valence-corrected chi connectivity index (χ0v) is 9.99. The molecule has 0 aliphatic rings. The highest BCUT2D eigenvalue weighted by Gasteiger charge is 2.03. The molecule has 1 aromatic heterocycles. The number of rotatable bonds is 4. The van der Waals surface area contributed by atoms with Crippen LogP contribution in [0.4, 0.5) is 10.2 Å². The van der Waals surface area contributed by atoms with Crippen LogP contribution < -0.4 is 16.0 Å². The molecule has 1 heterocycles. The monoisotopic (exact) mass is 268 g/mol. The van der Waals surface area contributed by atoms with Gasteiger partial charge in [-0.2, -0.15) is 0 Å². The third kappa shape index (κ3) is 3.06. The maximum atomic E-state index is 13.1. The molecule has 5 nitrogen and oxygen atoms in total. The van der Waals surface area contributed by atoms with Crippen LogP contribution in [0.3, 0.4) is 0 Å². The second-order valence-electron chi connectivity index (χ2n) is 3.40. The minimum atomic E-state index is -0.525. The van der Waals surface area contributed by atoms with E-state index in [4.69, 9.17) is 22.2 Å². The Morgan fingerprint density at radius 2 is 2.17 bits per heavy atom. The molecule has 0 atom stereocenters. The van der Waals surface area contributed by atoms with E-state index >= 15 is 0 Å². The average Bonchev–Trinajstić information content (AvgIpc) is 2.41. The number of nitrogens with two attached hydrogens (primary N) is 1. The number of hydrogen-bond acceptors (Lipinski definition) is 5. The van der Waals surface area contributed by atoms with E-state index in [1.165, 1.54) is 24.5 Å². The summed E-state index contributed by atoms with van der Waals surface area (Å²) in [5, 5.41) is 0.0560. The molecule has 0 bridgehead atoms. The van der Waals surface area contributed by atoms with Crippen molar-refractivity contribution in [2.45, 2.75) is 6.61 Å². The lowest BCUT2D eigenvalue weighted by atomic mass is 10.3. The molecule has 3 N–H and O–H groups in total. The Balaban J connectivity index is 1.99. The first kappa shape index (κ1) is 12.5. The maximum Gasteiger partial charge on any atom is 0.158 e. The fraction of sp³-hybridized carbons (Fsp3) is 0.0909. The molecule has 0 unspecified atom stereocenters. The van der Waals surface area contributed by atoms with E-state index in [1.807, 2.05) is 0 Å². The van der Waals surface area contributed by atoms with Gasteiger partial charge in [0.25, 0.3) is 0 Å². The zero-order valence-electron chi connectivity index (χ0n) is 9.23. The Hall–Kier alpha value is -1.92. The standard InChI is InChI=1S/C11H10ClFN4O/c12-9-2-1-8(3-10(9)13)18-6-7-4-16-11(17-14)5-15-7/h1-5H,6,14H2,(H,16,17). The molecule has 0 spiro atoms. The van der Waals surface area contributed by atoms with Crippen LogP contribution in [-0.2, 0) is 6.61 Å². The SMILES string of the molecule is NNc1cnc(COc2ccc(Cl)c(F)c2)cn1. The zero-order chi connectivity index (χ0) is 13.0. The lowest BCUT2D eigenvalue weighted by molar-refractivity contribution is 0.299. The van der Waals surface area contributed by atoms with Crippen LogP contribution in [-0.4, -0.2) is 9.97 Å². The molecule has 94 valence electrons. The van der Waals surface area contributed by atoms with Crippen LogP contribution in [0.25, 0.3) is 0 Å². The normalized spacial score (nSPS) is 10.2. The van der Waals surface area contributed by atoms with E-state index in [9.17, 15) is 4.39 Å². The van der Waals surface area contributed by atoms with Gasteiger partial charge in [0.15, 0.2) is 5.82 Å². The second kappa shape index (κ2) is 5.61. The molecular weight excluding hydrogens is 259 g/mol. The van der Waals surface area contributed by atoms with Gasteiger partial charge in [0, 0.05) is 6.07 Å². The molecule has 18 heavy (non-hydrogen) atoms. The quantitative estimate of drug-likeness (QED) is 0.656. The summed E-state index contributed by atoms with van der Waals surface area (Å²) >= 11 is 5.56. The lowest BCUT2D eigenvalue weighted by Crippen LogP contribution is -2.09. The van der Waals surface area contributed by atoms with Crippen molar-refractivity contribution in [2.75, 3.05) is 5.43 Å². The molecule has 0 radical (unpaired) electrons. The van der Waals surface area contributed by atoms with Crippen molar-refractivity contribution in [1.29, 1.82) is 0 Å². The molecule has 0 saturated carbocycles. The van der Waals surface area contributed by atoms with Crippen molar-refractivity contribution in [1.82, 2.24) is 9.97 Å². The molecule has 0 fully saturated rings. The summed E-state index contributed by atoms with van der Waals surface area (Å²) in [6.07, 6.45) is 2.99. The first-order chi connectivity index (χ1) is 8.69. The van der Waals surface area contributed by atoms with Gasteiger partial charge in [-0.1, -0.05) is 11.6 Å². The van der Waals surface area contributed by atoms with Gasteiger partial charge < -0.3 is 10.2 Å². The third-order valence-electron chi connectivity index (χ3n) is 2.13. The first-order valence-electron chi connectivity index (χ1n) is 5.04. The van der Waals surface area contributed by atoms with Crippen molar-refractivity contribution in [3.05, 3.63) is 47.1 Å². The van der Waals surface area contributed by atoms with Crippen molar-refractivity contribution < 1.29 is 9.13 Å². The number of nitrogen functional groups attached to an aromatic ring is 1. The first-order valence-corrected chi connectivity index (χ1v) is 5.42. The number of benzene rings is 1. The van der Waals surface area contributed by atoms with Crippen molar-refractivity contribution in [2.24, 2.45) is 5.84 Å². The Kier molecular flexibility index (Phi) is 3.91. The minimum absolute atomic E-state index is 0.0560. The summed E-state index contributed by atoms with van der Waals surface area (Å²) in [4.78, 5) is 8.02. The fourth-order valence-electron chi connectivity index (χ4n) is 1.23. The summed E-state index contributed by atoms with van der Waals surface area (Å²) in [5.74, 6) is 5.46. The van der Waals surface area contributed by atoms with E-state index in [0.29, 0.717) is 17.3 Å². The number of halogens is 2. The van der Waals surface area contributed by atoms with Gasteiger partial charge in [-0.3, -0.25) is 4.98 Å². The lowest BCUT2D eigenvalue weighted by Gasteiger charge is -2.06. The van der Waals surface area contributed by atoms with Crippen molar-refractivity contribution >= 4 is 17.4 Å². The van der Waals surface area contributed by atoms with Crippen LogP contribution in [0.5, 0.6) is 5.75 Å². The van der Waals surface area contributed by atoms with Crippen LogP contribution in [0.1, 0.15) is 5.69 Å². The summed E-state index contributed by atoms with van der Waals surface area (Å²) in [7, 11) is 0. The van der Waals surface area contributed by atoms with Crippen molar-refractivity contribution in [3.63, 3.8) is 0 Å². The average molecular weight is 269 g/mol. The predicted octanol–water partition coefficient (Wildman–Crippen LogP) is 2.13. The van der Waals surface area contributed by atoms with E-state index in [0.717, 1.165) is 0 Å². The minimum Gasteiger partial charge on any atom is -0.487 e. The molecular formula is C11H10ClFN4O. The Bertz CT molecular complexity index is 535. The Labute approximate surface area is 108 Å². The third-order valence-corrected chi connectivity index (χ3v) is 2.44. The smallest absolute Gasteiger partial charge is 0.158 e. The second-order valence-corrected chi connectivity index (χ2v) is 3.81. The molecule has 0 saturated heterocycles. The largest absolute Gasteiger partial charge is 0.487 e. The van der Waals surface area contributed by atoms with Crippen LogP contribution in [0.15, 0.2) is 30.6 Å². The number of aromatic nitrogens is 2.